The van der Waals surface area contributed by atoms with Crippen LogP contribution in [0.1, 0.15) is 40.0 Å². The van der Waals surface area contributed by atoms with Crippen LogP contribution >= 0.6 is 0 Å². The lowest BCUT2D eigenvalue weighted by atomic mass is 10.1. The molecule has 1 saturated heterocycles. The van der Waals surface area contributed by atoms with Gasteiger partial charge in [-0.15, -0.1) is 0 Å². The maximum Gasteiger partial charge on any atom is 0.317 e. The van der Waals surface area contributed by atoms with E-state index in [0.717, 1.165) is 19.4 Å². The Bertz CT molecular complexity index is 894. The van der Waals surface area contributed by atoms with Crippen LogP contribution in [0.4, 0.5) is 0 Å². The number of nitrogens with zero attached hydrogens (tertiary/aromatic N) is 4. The van der Waals surface area contributed by atoms with Crippen LogP contribution in [-0.2, 0) is 33.6 Å². The van der Waals surface area contributed by atoms with Gasteiger partial charge in [0.25, 0.3) is 6.47 Å². The SMILES string of the molecule is CCN1CCN(CC(=O)O)CCN(CC(=O)O)CCN(CC(=O)NCCC(=O)NOCC(=O)NCCCC(C)C)CC1.O=CO. The molecular formula is C28H53N7O10. The number of rotatable bonds is 17. The van der Waals surface area contributed by atoms with Crippen molar-refractivity contribution in [3.8, 4) is 0 Å². The number of hydrogen-bond donors (Lipinski definition) is 6. The molecule has 6 N–H and O–H groups in total. The number of hydrogen-bond acceptors (Lipinski definition) is 11. The number of aliphatic carboxylic acids is 2. The molecule has 0 aromatic heterocycles. The fourth-order valence-corrected chi connectivity index (χ4v) is 4.35. The third-order valence-electron chi connectivity index (χ3n) is 6.81. The van der Waals surface area contributed by atoms with Crippen LogP contribution in [0.5, 0.6) is 0 Å². The highest BCUT2D eigenvalue weighted by atomic mass is 16.7. The summed E-state index contributed by atoms with van der Waals surface area (Å²) in [4.78, 5) is 80.1. The summed E-state index contributed by atoms with van der Waals surface area (Å²) < 4.78 is 0. The average Bonchev–Trinajstić information content (AvgIpc) is 2.95. The summed E-state index contributed by atoms with van der Waals surface area (Å²) in [6, 6.07) is 0. The van der Waals surface area contributed by atoms with Gasteiger partial charge in [0.1, 0.15) is 0 Å². The van der Waals surface area contributed by atoms with E-state index in [1.54, 1.807) is 4.90 Å². The van der Waals surface area contributed by atoms with Crippen molar-refractivity contribution in [3.63, 3.8) is 0 Å². The summed E-state index contributed by atoms with van der Waals surface area (Å²) in [6.07, 6.45) is 1.86. The molecule has 0 radical (unpaired) electrons. The van der Waals surface area contributed by atoms with Crippen LogP contribution < -0.4 is 16.1 Å². The molecule has 260 valence electrons. The van der Waals surface area contributed by atoms with E-state index in [1.165, 1.54) is 0 Å². The number of carboxylic acids is 2. The molecule has 45 heavy (non-hydrogen) atoms. The monoisotopic (exact) mass is 647 g/mol. The van der Waals surface area contributed by atoms with Crippen molar-refractivity contribution in [2.75, 3.05) is 98.2 Å². The van der Waals surface area contributed by atoms with E-state index in [9.17, 15) is 34.2 Å². The normalized spacial score (nSPS) is 15.9. The predicted octanol–water partition coefficient (Wildman–Crippen LogP) is -1.80. The zero-order valence-electron chi connectivity index (χ0n) is 26.9. The molecule has 17 heteroatoms. The number of carboxylic acid groups (broad SMARTS) is 3. The molecule has 1 fully saturated rings. The number of likely N-dealkylation sites (N-methyl/N-ethyl adjacent to an activating group) is 1. The predicted molar refractivity (Wildman–Crippen MR) is 164 cm³/mol. The first-order valence-corrected chi connectivity index (χ1v) is 15.2. The van der Waals surface area contributed by atoms with E-state index in [4.69, 9.17) is 14.7 Å². The van der Waals surface area contributed by atoms with Gasteiger partial charge in [-0.05, 0) is 25.3 Å². The zero-order valence-corrected chi connectivity index (χ0v) is 26.9. The van der Waals surface area contributed by atoms with E-state index in [1.807, 2.05) is 16.7 Å². The van der Waals surface area contributed by atoms with Crippen molar-refractivity contribution in [2.45, 2.75) is 40.0 Å². The summed E-state index contributed by atoms with van der Waals surface area (Å²) in [6.45, 7) is 11.0. The van der Waals surface area contributed by atoms with Crippen molar-refractivity contribution in [2.24, 2.45) is 5.92 Å². The van der Waals surface area contributed by atoms with Crippen LogP contribution in [-0.4, -0.2) is 169 Å². The Hall–Kier alpha value is -3.38. The van der Waals surface area contributed by atoms with Crippen molar-refractivity contribution in [3.05, 3.63) is 0 Å². The highest BCUT2D eigenvalue weighted by Gasteiger charge is 2.20. The van der Waals surface area contributed by atoms with E-state index < -0.39 is 17.8 Å². The second-order valence-corrected chi connectivity index (χ2v) is 11.0. The molecule has 0 unspecified atom stereocenters. The van der Waals surface area contributed by atoms with Gasteiger partial charge in [-0.2, -0.15) is 0 Å². The molecule has 0 saturated carbocycles. The van der Waals surface area contributed by atoms with Gasteiger partial charge in [0, 0.05) is 71.9 Å². The van der Waals surface area contributed by atoms with Gasteiger partial charge in [-0.25, -0.2) is 5.48 Å². The van der Waals surface area contributed by atoms with Gasteiger partial charge in [0.2, 0.25) is 17.7 Å². The molecule has 1 aliphatic rings. The van der Waals surface area contributed by atoms with Crippen LogP contribution in [0.3, 0.4) is 0 Å². The van der Waals surface area contributed by atoms with E-state index in [2.05, 4.69) is 34.9 Å². The maximum absolute atomic E-state index is 12.6. The summed E-state index contributed by atoms with van der Waals surface area (Å²) in [5.74, 6) is -2.38. The standard InChI is InChI=1S/C27H51N7O8.CH2O2/c1-4-31-10-12-32(14-15-34(20-27(40)41)17-16-33(13-11-31)19-26(38)39)18-24(36)29-9-7-23(35)30-42-21-25(37)28-8-5-6-22(2)3;2-1-3/h22H,4-21H2,1-3H3,(H,28,37)(H,29,36)(H,30,35)(H,38,39)(H,40,41);1H,(H,2,3). The smallest absolute Gasteiger partial charge is 0.317 e. The largest absolute Gasteiger partial charge is 0.483 e. The van der Waals surface area contributed by atoms with Gasteiger partial charge in [0.05, 0.1) is 19.6 Å². The van der Waals surface area contributed by atoms with Crippen molar-refractivity contribution in [1.82, 2.24) is 35.7 Å². The lowest BCUT2D eigenvalue weighted by molar-refractivity contribution is -0.140. The van der Waals surface area contributed by atoms with E-state index >= 15 is 0 Å². The molecule has 0 aromatic carbocycles. The molecule has 1 aliphatic heterocycles. The summed E-state index contributed by atoms with van der Waals surface area (Å²) in [5.41, 5.74) is 2.21. The fraction of sp³-hybridized carbons (Fsp3) is 0.786. The molecule has 0 aromatic rings. The van der Waals surface area contributed by atoms with Crippen molar-refractivity contribution >= 4 is 36.1 Å². The maximum atomic E-state index is 12.6. The third kappa shape index (κ3) is 24.6. The number of hydroxylamine groups is 1. The number of nitrogens with one attached hydrogen (secondary N) is 3. The topological polar surface area (TPSA) is 221 Å². The van der Waals surface area contributed by atoms with E-state index in [0.29, 0.717) is 64.8 Å². The Balaban J connectivity index is 0.00000618. The number of carbonyl (C=O) groups excluding carboxylic acids is 3. The molecule has 0 atom stereocenters. The van der Waals surface area contributed by atoms with Crippen LogP contribution in [0, 0.1) is 5.92 Å². The first-order valence-electron chi connectivity index (χ1n) is 15.2. The Labute approximate surface area is 265 Å². The third-order valence-corrected chi connectivity index (χ3v) is 6.81. The van der Waals surface area contributed by atoms with Gasteiger partial charge in [-0.3, -0.25) is 48.3 Å². The lowest BCUT2D eigenvalue weighted by Crippen LogP contribution is -2.49. The first-order chi connectivity index (χ1) is 21.4. The fourth-order valence-electron chi connectivity index (χ4n) is 4.35. The molecule has 0 bridgehead atoms. The summed E-state index contributed by atoms with van der Waals surface area (Å²) in [5, 5.41) is 30.9. The Morgan fingerprint density at radius 3 is 1.62 bits per heavy atom. The lowest BCUT2D eigenvalue weighted by Gasteiger charge is -2.33. The minimum atomic E-state index is -0.974. The van der Waals surface area contributed by atoms with E-state index in [-0.39, 0.29) is 57.5 Å². The Morgan fingerprint density at radius 1 is 0.733 bits per heavy atom. The number of amides is 3. The van der Waals surface area contributed by atoms with Crippen LogP contribution in [0.25, 0.3) is 0 Å². The number of carbonyl (C=O) groups is 6. The van der Waals surface area contributed by atoms with Gasteiger partial charge < -0.3 is 30.9 Å². The van der Waals surface area contributed by atoms with Gasteiger partial charge in [0.15, 0.2) is 6.61 Å². The second kappa shape index (κ2) is 25.9. The van der Waals surface area contributed by atoms with Crippen LogP contribution in [0.2, 0.25) is 0 Å². The minimum Gasteiger partial charge on any atom is -0.483 e. The quantitative estimate of drug-likeness (QED) is 0.0583. The Morgan fingerprint density at radius 2 is 1.18 bits per heavy atom. The minimum absolute atomic E-state index is 0.0232. The molecule has 1 heterocycles. The summed E-state index contributed by atoms with van der Waals surface area (Å²) in [7, 11) is 0. The highest BCUT2D eigenvalue weighted by molar-refractivity contribution is 5.80. The molecule has 0 spiro atoms. The van der Waals surface area contributed by atoms with Crippen LogP contribution in [0.15, 0.2) is 0 Å². The van der Waals surface area contributed by atoms with Gasteiger partial charge >= 0.3 is 11.9 Å². The summed E-state index contributed by atoms with van der Waals surface area (Å²) >= 11 is 0. The van der Waals surface area contributed by atoms with Crippen molar-refractivity contribution < 1.29 is 48.9 Å². The van der Waals surface area contributed by atoms with Crippen molar-refractivity contribution in [1.29, 1.82) is 0 Å². The second-order valence-electron chi connectivity index (χ2n) is 11.0. The molecule has 17 nitrogen and oxygen atoms in total. The zero-order chi connectivity index (χ0) is 34.0. The molecular weight excluding hydrogens is 594 g/mol. The highest BCUT2D eigenvalue weighted by Crippen LogP contribution is 2.02. The first kappa shape index (κ1) is 41.6. The Kier molecular flexibility index (Phi) is 24.0. The average molecular weight is 648 g/mol. The molecule has 3 amide bonds. The molecule has 1 rings (SSSR count). The molecule has 0 aliphatic carbocycles. The van der Waals surface area contributed by atoms with Gasteiger partial charge in [-0.1, -0.05) is 20.8 Å².